The van der Waals surface area contributed by atoms with Gasteiger partial charge in [-0.2, -0.15) is 0 Å². The fraction of sp³-hybridized carbons (Fsp3) is 0.450. The quantitative estimate of drug-likeness (QED) is 0.764. The molecule has 0 aliphatic carbocycles. The molecule has 3 rings (SSSR count). The Hall–Kier alpha value is -2.45. The first-order valence-electron chi connectivity index (χ1n) is 9.44. The van der Waals surface area contributed by atoms with Gasteiger partial charge < -0.3 is 15.0 Å². The number of carbonyl (C=O) groups excluding carboxylic acids is 2. The van der Waals surface area contributed by atoms with Crippen LogP contribution in [0, 0.1) is 0 Å². The van der Waals surface area contributed by atoms with Crippen molar-refractivity contribution in [2.24, 2.45) is 0 Å². The fourth-order valence-corrected chi connectivity index (χ4v) is 3.82. The molecule has 1 N–H and O–H groups in total. The van der Waals surface area contributed by atoms with E-state index in [0.29, 0.717) is 24.4 Å². The highest BCUT2D eigenvalue weighted by atomic mass is 32.1. The molecule has 1 aromatic heterocycles. The Bertz CT molecular complexity index is 798. The van der Waals surface area contributed by atoms with Crippen molar-refractivity contribution in [3.63, 3.8) is 0 Å². The summed E-state index contributed by atoms with van der Waals surface area (Å²) in [6.07, 6.45) is 0.967. The summed E-state index contributed by atoms with van der Waals surface area (Å²) < 4.78 is 5.08. The van der Waals surface area contributed by atoms with Crippen LogP contribution in [-0.4, -0.2) is 66.4 Å². The van der Waals surface area contributed by atoms with Gasteiger partial charge in [-0.25, -0.2) is 4.98 Å². The van der Waals surface area contributed by atoms with Crippen molar-refractivity contribution in [3.05, 3.63) is 45.9 Å². The van der Waals surface area contributed by atoms with E-state index in [1.54, 1.807) is 42.7 Å². The number of methoxy groups -OCH3 is 1. The van der Waals surface area contributed by atoms with Crippen LogP contribution in [0.1, 0.15) is 28.0 Å². The van der Waals surface area contributed by atoms with E-state index in [0.717, 1.165) is 36.8 Å². The molecule has 2 aromatic rings. The van der Waals surface area contributed by atoms with Crippen LogP contribution in [-0.2, 0) is 17.8 Å². The minimum atomic E-state index is -0.259. The number of piperazine rings is 1. The van der Waals surface area contributed by atoms with Gasteiger partial charge in [0.25, 0.3) is 5.91 Å². The van der Waals surface area contributed by atoms with Gasteiger partial charge in [-0.1, -0.05) is 6.92 Å². The van der Waals surface area contributed by atoms with E-state index in [9.17, 15) is 9.59 Å². The smallest absolute Gasteiger partial charge is 0.251 e. The number of amides is 2. The minimum Gasteiger partial charge on any atom is -0.497 e. The first-order chi connectivity index (χ1) is 13.6. The Morgan fingerprint density at radius 3 is 2.50 bits per heavy atom. The molecule has 1 aromatic carbocycles. The first-order valence-corrected chi connectivity index (χ1v) is 10.3. The summed E-state index contributed by atoms with van der Waals surface area (Å²) in [5.74, 6) is 0.377. The number of carbonyl (C=O) groups is 2. The molecular weight excluding hydrogens is 376 g/mol. The molecule has 0 unspecified atom stereocenters. The van der Waals surface area contributed by atoms with E-state index >= 15 is 0 Å². The molecule has 0 radical (unpaired) electrons. The third kappa shape index (κ3) is 5.30. The maximum atomic E-state index is 12.4. The van der Waals surface area contributed by atoms with Crippen molar-refractivity contribution < 1.29 is 14.3 Å². The fourth-order valence-electron chi connectivity index (χ4n) is 3.08. The van der Waals surface area contributed by atoms with Gasteiger partial charge in [0.1, 0.15) is 5.75 Å². The Morgan fingerprint density at radius 1 is 1.18 bits per heavy atom. The van der Waals surface area contributed by atoms with Gasteiger partial charge in [0, 0.05) is 43.7 Å². The molecule has 7 nitrogen and oxygen atoms in total. The predicted molar refractivity (Wildman–Crippen MR) is 109 cm³/mol. The number of aromatic nitrogens is 1. The zero-order chi connectivity index (χ0) is 19.9. The lowest BCUT2D eigenvalue weighted by Gasteiger charge is -2.34. The van der Waals surface area contributed by atoms with Gasteiger partial charge >= 0.3 is 0 Å². The Balaban J connectivity index is 1.41. The number of benzene rings is 1. The van der Waals surface area contributed by atoms with Gasteiger partial charge in [0.15, 0.2) is 0 Å². The van der Waals surface area contributed by atoms with Crippen LogP contribution < -0.4 is 10.1 Å². The number of rotatable bonds is 7. The monoisotopic (exact) mass is 402 g/mol. The maximum absolute atomic E-state index is 12.4. The molecule has 1 fully saturated rings. The zero-order valence-corrected chi connectivity index (χ0v) is 17.1. The highest BCUT2D eigenvalue weighted by molar-refractivity contribution is 7.09. The van der Waals surface area contributed by atoms with Crippen LogP contribution in [0.5, 0.6) is 5.75 Å². The van der Waals surface area contributed by atoms with Crippen molar-refractivity contribution in [2.75, 3.05) is 39.8 Å². The topological polar surface area (TPSA) is 74.8 Å². The molecule has 8 heteroatoms. The summed E-state index contributed by atoms with van der Waals surface area (Å²) >= 11 is 1.70. The van der Waals surface area contributed by atoms with Crippen molar-refractivity contribution in [2.45, 2.75) is 19.9 Å². The minimum absolute atomic E-state index is 0.0107. The lowest BCUT2D eigenvalue weighted by molar-refractivity contribution is -0.131. The van der Waals surface area contributed by atoms with E-state index < -0.39 is 0 Å². The molecule has 0 bridgehead atoms. The lowest BCUT2D eigenvalue weighted by Crippen LogP contribution is -2.50. The average molecular weight is 403 g/mol. The van der Waals surface area contributed by atoms with Gasteiger partial charge in [0.2, 0.25) is 5.91 Å². The molecule has 1 saturated heterocycles. The largest absolute Gasteiger partial charge is 0.497 e. The predicted octanol–water partition coefficient (Wildman–Crippen LogP) is 1.79. The first kappa shape index (κ1) is 20.3. The number of ether oxygens (including phenoxy) is 1. The molecule has 0 saturated carbocycles. The van der Waals surface area contributed by atoms with Gasteiger partial charge in [-0.15, -0.1) is 11.3 Å². The van der Waals surface area contributed by atoms with E-state index in [-0.39, 0.29) is 18.4 Å². The van der Waals surface area contributed by atoms with Crippen LogP contribution in [0.25, 0.3) is 0 Å². The third-order valence-electron chi connectivity index (χ3n) is 4.76. The molecule has 0 spiro atoms. The molecule has 2 heterocycles. The van der Waals surface area contributed by atoms with E-state index in [2.05, 4.69) is 27.5 Å². The molecule has 28 heavy (non-hydrogen) atoms. The Morgan fingerprint density at radius 2 is 1.89 bits per heavy atom. The van der Waals surface area contributed by atoms with Gasteiger partial charge in [-0.05, 0) is 30.7 Å². The van der Waals surface area contributed by atoms with E-state index in [1.165, 1.54) is 0 Å². The Kier molecular flexibility index (Phi) is 7.00. The van der Waals surface area contributed by atoms with Crippen molar-refractivity contribution in [1.29, 1.82) is 0 Å². The highest BCUT2D eigenvalue weighted by Gasteiger charge is 2.22. The van der Waals surface area contributed by atoms with Crippen molar-refractivity contribution in [3.8, 4) is 5.75 Å². The molecular formula is C20H26N4O3S. The van der Waals surface area contributed by atoms with Gasteiger partial charge in [-0.3, -0.25) is 14.5 Å². The molecule has 0 atom stereocenters. The van der Waals surface area contributed by atoms with Crippen LogP contribution >= 0.6 is 11.3 Å². The second-order valence-electron chi connectivity index (χ2n) is 6.65. The highest BCUT2D eigenvalue weighted by Crippen LogP contribution is 2.14. The van der Waals surface area contributed by atoms with E-state index in [4.69, 9.17) is 4.74 Å². The molecule has 150 valence electrons. The second kappa shape index (κ2) is 9.66. The van der Waals surface area contributed by atoms with Crippen LogP contribution in [0.15, 0.2) is 29.6 Å². The number of hydrogen-bond acceptors (Lipinski definition) is 6. The normalized spacial score (nSPS) is 14.7. The summed E-state index contributed by atoms with van der Waals surface area (Å²) in [6, 6.07) is 6.81. The van der Waals surface area contributed by atoms with Crippen LogP contribution in [0.3, 0.4) is 0 Å². The third-order valence-corrected chi connectivity index (χ3v) is 5.81. The van der Waals surface area contributed by atoms with E-state index in [1.807, 2.05) is 4.90 Å². The van der Waals surface area contributed by atoms with Crippen molar-refractivity contribution >= 4 is 23.2 Å². The van der Waals surface area contributed by atoms with Crippen LogP contribution in [0.2, 0.25) is 0 Å². The molecule has 2 amide bonds. The van der Waals surface area contributed by atoms with Gasteiger partial charge in [0.05, 0.1) is 24.4 Å². The summed E-state index contributed by atoms with van der Waals surface area (Å²) in [5.41, 5.74) is 1.61. The summed E-state index contributed by atoms with van der Waals surface area (Å²) in [4.78, 5) is 33.3. The summed E-state index contributed by atoms with van der Waals surface area (Å²) in [7, 11) is 1.58. The second-order valence-corrected chi connectivity index (χ2v) is 7.60. The number of thiazole rings is 1. The standard InChI is InChI=1S/C20H26N4O3S/c1-3-18-22-16(14-28-18)13-23-8-10-24(11-9-23)19(25)12-21-20(26)15-4-6-17(27-2)7-5-15/h4-7,14H,3,8-13H2,1-2H3,(H,21,26). The maximum Gasteiger partial charge on any atom is 0.251 e. The number of aryl methyl sites for hydroxylation is 1. The lowest BCUT2D eigenvalue weighted by atomic mass is 10.2. The Labute approximate surface area is 169 Å². The zero-order valence-electron chi connectivity index (χ0n) is 16.3. The summed E-state index contributed by atoms with van der Waals surface area (Å²) in [6.45, 7) is 5.92. The van der Waals surface area contributed by atoms with Crippen molar-refractivity contribution in [1.82, 2.24) is 20.1 Å². The molecule has 1 aliphatic rings. The number of nitrogens with zero attached hydrogens (tertiary/aromatic N) is 3. The number of nitrogens with one attached hydrogen (secondary N) is 1. The summed E-state index contributed by atoms with van der Waals surface area (Å²) in [5, 5.41) is 5.98. The van der Waals surface area contributed by atoms with Crippen LogP contribution in [0.4, 0.5) is 0 Å². The SMILES string of the molecule is CCc1nc(CN2CCN(C(=O)CNC(=O)c3ccc(OC)cc3)CC2)cs1. The average Bonchev–Trinajstić information content (AvgIpc) is 3.20. The number of hydrogen-bond donors (Lipinski definition) is 1. The molecule has 1 aliphatic heterocycles.